The third-order valence-corrected chi connectivity index (χ3v) is 3.43. The molecule has 17 heavy (non-hydrogen) atoms. The van der Waals surface area contributed by atoms with Crippen molar-refractivity contribution in [2.45, 2.75) is 39.2 Å². The molecule has 1 aliphatic carbocycles. The fourth-order valence-electron chi connectivity index (χ4n) is 2.56. The lowest BCUT2D eigenvalue weighted by molar-refractivity contribution is 0.279. The average Bonchev–Trinajstić information content (AvgIpc) is 2.35. The van der Waals surface area contributed by atoms with Crippen molar-refractivity contribution in [1.82, 2.24) is 4.90 Å². The van der Waals surface area contributed by atoms with Crippen LogP contribution in [0.4, 0.5) is 0 Å². The number of hydrogen-bond donors (Lipinski definition) is 1. The van der Waals surface area contributed by atoms with Crippen LogP contribution in [0.15, 0.2) is 18.2 Å². The number of aromatic hydroxyl groups is 1. The van der Waals surface area contributed by atoms with E-state index in [0.717, 1.165) is 25.8 Å². The fourth-order valence-corrected chi connectivity index (χ4v) is 2.56. The van der Waals surface area contributed by atoms with Crippen molar-refractivity contribution in [1.29, 1.82) is 0 Å². The quantitative estimate of drug-likeness (QED) is 0.622. The van der Waals surface area contributed by atoms with Crippen LogP contribution in [0.5, 0.6) is 5.75 Å². The Balaban J connectivity index is 2.18. The summed E-state index contributed by atoms with van der Waals surface area (Å²) in [6, 6.07) is 9.38. The summed E-state index contributed by atoms with van der Waals surface area (Å²) in [7, 11) is 0. The van der Waals surface area contributed by atoms with Gasteiger partial charge >= 0.3 is 0 Å². The van der Waals surface area contributed by atoms with Crippen molar-refractivity contribution >= 4 is 0 Å². The molecule has 0 bridgehead atoms. The average molecular weight is 229 g/mol. The van der Waals surface area contributed by atoms with E-state index in [0.29, 0.717) is 11.8 Å². The number of fused-ring (bicyclic) bond motifs is 1. The molecule has 0 aliphatic heterocycles. The van der Waals surface area contributed by atoms with Gasteiger partial charge in [-0.05, 0) is 56.4 Å². The molecule has 2 rings (SSSR count). The molecule has 2 heteroatoms. The zero-order chi connectivity index (χ0) is 12.3. The second kappa shape index (κ2) is 5.14. The van der Waals surface area contributed by atoms with Crippen molar-refractivity contribution in [3.05, 3.63) is 29.3 Å². The molecule has 1 N–H and O–H groups in total. The number of rotatable bonds is 2. The second-order valence-corrected chi connectivity index (χ2v) is 4.50. The van der Waals surface area contributed by atoms with Crippen molar-refractivity contribution < 1.29 is 5.11 Å². The van der Waals surface area contributed by atoms with Gasteiger partial charge in [-0.1, -0.05) is 12.0 Å². The van der Waals surface area contributed by atoms with E-state index in [1.165, 1.54) is 11.1 Å². The monoisotopic (exact) mass is 229 g/mol. The van der Waals surface area contributed by atoms with Crippen LogP contribution in [0.1, 0.15) is 31.4 Å². The third kappa shape index (κ3) is 2.55. The minimum Gasteiger partial charge on any atom is -0.508 e. The van der Waals surface area contributed by atoms with Gasteiger partial charge < -0.3 is 10.0 Å². The van der Waals surface area contributed by atoms with Gasteiger partial charge in [0, 0.05) is 18.6 Å². The molecule has 0 saturated heterocycles. The van der Waals surface area contributed by atoms with Gasteiger partial charge in [0.2, 0.25) is 0 Å². The van der Waals surface area contributed by atoms with Gasteiger partial charge in [0.05, 0.1) is 0 Å². The summed E-state index contributed by atoms with van der Waals surface area (Å²) in [4.78, 5) is 2.22. The summed E-state index contributed by atoms with van der Waals surface area (Å²) in [5.41, 5.74) is 2.65. The second-order valence-electron chi connectivity index (χ2n) is 4.50. The molecule has 2 nitrogen and oxygen atoms in total. The molecule has 0 spiro atoms. The van der Waals surface area contributed by atoms with Gasteiger partial charge in [-0.25, -0.2) is 0 Å². The Morgan fingerprint density at radius 1 is 1.41 bits per heavy atom. The van der Waals surface area contributed by atoms with Crippen LogP contribution in [0.2, 0.25) is 0 Å². The summed E-state index contributed by atoms with van der Waals surface area (Å²) in [6.07, 6.45) is 3.23. The number of phenolic OH excluding ortho intramolecular Hbond substituents is 1. The molecule has 1 aromatic rings. The standard InChI is InChI=1S/C15H19NO/c1-3-9-16(4-2)14-7-5-12-6-8-15(17)11-13(12)10-14/h6,8,11,14,17H,4-5,7,10H2,1-2H3/t14-/m0/s1. The van der Waals surface area contributed by atoms with Gasteiger partial charge in [0.15, 0.2) is 0 Å². The van der Waals surface area contributed by atoms with Gasteiger partial charge in [-0.15, -0.1) is 0 Å². The summed E-state index contributed by atoms with van der Waals surface area (Å²) in [5.74, 6) is 3.35. The van der Waals surface area contributed by atoms with Crippen molar-refractivity contribution in [3.8, 4) is 17.7 Å². The first-order valence-corrected chi connectivity index (χ1v) is 6.24. The smallest absolute Gasteiger partial charge is 0.115 e. The van der Waals surface area contributed by atoms with Crippen LogP contribution in [0.25, 0.3) is 0 Å². The minimum absolute atomic E-state index is 0.369. The van der Waals surface area contributed by atoms with Gasteiger partial charge in [0.25, 0.3) is 0 Å². The topological polar surface area (TPSA) is 23.5 Å². The van der Waals surface area contributed by atoms with Crippen LogP contribution >= 0.6 is 0 Å². The fraction of sp³-hybridized carbons (Fsp3) is 0.467. The Bertz CT molecular complexity index is 456. The molecule has 1 atom stereocenters. The van der Waals surface area contributed by atoms with Crippen LogP contribution < -0.4 is 0 Å². The summed E-state index contributed by atoms with van der Waals surface area (Å²) in [5, 5.41) is 9.53. The first kappa shape index (κ1) is 11.9. The van der Waals surface area contributed by atoms with Crippen LogP contribution in [0, 0.1) is 12.0 Å². The molecular weight excluding hydrogens is 210 g/mol. The lowest BCUT2D eigenvalue weighted by atomic mass is 9.87. The molecular formula is C15H19NO. The van der Waals surface area contributed by atoms with E-state index in [9.17, 15) is 5.11 Å². The minimum atomic E-state index is 0.369. The van der Waals surface area contributed by atoms with E-state index in [1.807, 2.05) is 19.1 Å². The molecule has 0 aromatic heterocycles. The van der Waals surface area contributed by atoms with E-state index in [2.05, 4.69) is 23.8 Å². The number of nitrogens with zero attached hydrogens (tertiary/aromatic N) is 1. The summed E-state index contributed by atoms with van der Waals surface area (Å²) in [6.45, 7) is 4.98. The van der Waals surface area contributed by atoms with Crippen molar-refractivity contribution in [3.63, 3.8) is 0 Å². The number of benzene rings is 1. The predicted molar refractivity (Wildman–Crippen MR) is 69.7 cm³/mol. The van der Waals surface area contributed by atoms with E-state index in [-0.39, 0.29) is 0 Å². The molecule has 0 amide bonds. The molecule has 0 unspecified atom stereocenters. The lowest BCUT2D eigenvalue weighted by Crippen LogP contribution is -2.35. The Morgan fingerprint density at radius 3 is 2.94 bits per heavy atom. The molecule has 0 radical (unpaired) electrons. The van der Waals surface area contributed by atoms with Gasteiger partial charge in [0.1, 0.15) is 5.75 Å². The van der Waals surface area contributed by atoms with Crippen LogP contribution in [0.3, 0.4) is 0 Å². The van der Waals surface area contributed by atoms with Crippen LogP contribution in [-0.4, -0.2) is 22.6 Å². The zero-order valence-corrected chi connectivity index (χ0v) is 10.5. The Labute approximate surface area is 103 Å². The molecule has 0 fully saturated rings. The molecule has 90 valence electrons. The normalized spacial score (nSPS) is 17.9. The first-order chi connectivity index (χ1) is 8.24. The molecule has 1 aromatic carbocycles. The largest absolute Gasteiger partial charge is 0.508 e. The Kier molecular flexibility index (Phi) is 3.58. The van der Waals surface area contributed by atoms with Gasteiger partial charge in [-0.3, -0.25) is 0 Å². The highest BCUT2D eigenvalue weighted by Gasteiger charge is 2.22. The Hall–Kier alpha value is -1.62. The molecule has 0 saturated carbocycles. The summed E-state index contributed by atoms with van der Waals surface area (Å²) < 4.78 is 0. The Morgan fingerprint density at radius 2 is 2.24 bits per heavy atom. The van der Waals surface area contributed by atoms with Crippen molar-refractivity contribution in [2.75, 3.05) is 6.54 Å². The highest BCUT2D eigenvalue weighted by atomic mass is 16.3. The lowest BCUT2D eigenvalue weighted by Gasteiger charge is -2.32. The molecule has 0 heterocycles. The number of likely N-dealkylation sites (N-methyl/N-ethyl adjacent to an activating group) is 1. The maximum Gasteiger partial charge on any atom is 0.115 e. The third-order valence-electron chi connectivity index (χ3n) is 3.43. The van der Waals surface area contributed by atoms with E-state index >= 15 is 0 Å². The number of hydrogen-bond acceptors (Lipinski definition) is 2. The predicted octanol–water partition coefficient (Wildman–Crippen LogP) is 2.55. The van der Waals surface area contributed by atoms with Crippen molar-refractivity contribution in [2.24, 2.45) is 0 Å². The zero-order valence-electron chi connectivity index (χ0n) is 10.5. The number of aryl methyl sites for hydroxylation is 1. The van der Waals surface area contributed by atoms with E-state index in [1.54, 1.807) is 6.07 Å². The van der Waals surface area contributed by atoms with Crippen LogP contribution in [-0.2, 0) is 12.8 Å². The number of phenols is 1. The SMILES string of the molecule is CC#CN(CC)[C@H]1CCc2ccc(O)cc2C1. The maximum absolute atomic E-state index is 9.53. The van der Waals surface area contributed by atoms with E-state index < -0.39 is 0 Å². The van der Waals surface area contributed by atoms with E-state index in [4.69, 9.17) is 0 Å². The maximum atomic E-state index is 9.53. The molecule has 1 aliphatic rings. The first-order valence-electron chi connectivity index (χ1n) is 6.24. The highest BCUT2D eigenvalue weighted by Crippen LogP contribution is 2.27. The highest BCUT2D eigenvalue weighted by molar-refractivity contribution is 5.37. The summed E-state index contributed by atoms with van der Waals surface area (Å²) >= 11 is 0. The van der Waals surface area contributed by atoms with Gasteiger partial charge in [-0.2, -0.15) is 0 Å².